The predicted octanol–water partition coefficient (Wildman–Crippen LogP) is 0.323. The number of carboxylic acids is 1. The van der Waals surface area contributed by atoms with Gasteiger partial charge in [0.05, 0.1) is 19.1 Å². The van der Waals surface area contributed by atoms with Gasteiger partial charge in [-0.1, -0.05) is 0 Å². The van der Waals surface area contributed by atoms with E-state index in [9.17, 15) is 4.79 Å². The van der Waals surface area contributed by atoms with E-state index in [1.54, 1.807) is 7.11 Å². The third-order valence-corrected chi connectivity index (χ3v) is 1.79. The Bertz CT molecular complexity index is 201. The summed E-state index contributed by atoms with van der Waals surface area (Å²) >= 11 is 0. The zero-order chi connectivity index (χ0) is 10.8. The molecule has 0 rings (SSSR count). The summed E-state index contributed by atoms with van der Waals surface area (Å²) in [6.07, 6.45) is 0.526. The summed E-state index contributed by atoms with van der Waals surface area (Å²) in [6.45, 7) is 2.31. The van der Waals surface area contributed by atoms with Crippen molar-refractivity contribution in [2.45, 2.75) is 12.8 Å². The SMILES string of the molecule is COCCN(CCC#N)CCC(=O)O. The molecule has 0 aliphatic rings. The fourth-order valence-electron chi connectivity index (χ4n) is 1.02. The molecule has 5 heteroatoms. The van der Waals surface area contributed by atoms with Gasteiger partial charge < -0.3 is 9.84 Å². The van der Waals surface area contributed by atoms with E-state index >= 15 is 0 Å². The minimum Gasteiger partial charge on any atom is -0.481 e. The highest BCUT2D eigenvalue weighted by atomic mass is 16.5. The summed E-state index contributed by atoms with van der Waals surface area (Å²) in [5.41, 5.74) is 0. The number of hydrogen-bond acceptors (Lipinski definition) is 4. The van der Waals surface area contributed by atoms with Gasteiger partial charge in [0.25, 0.3) is 0 Å². The zero-order valence-electron chi connectivity index (χ0n) is 8.40. The average Bonchev–Trinajstić information content (AvgIpc) is 2.16. The van der Waals surface area contributed by atoms with Gasteiger partial charge in [-0.15, -0.1) is 0 Å². The highest BCUT2D eigenvalue weighted by Crippen LogP contribution is 1.94. The van der Waals surface area contributed by atoms with E-state index in [1.165, 1.54) is 0 Å². The lowest BCUT2D eigenvalue weighted by Gasteiger charge is -2.19. The van der Waals surface area contributed by atoms with E-state index in [0.717, 1.165) is 0 Å². The van der Waals surface area contributed by atoms with Gasteiger partial charge in [0.2, 0.25) is 0 Å². The van der Waals surface area contributed by atoms with Crippen molar-refractivity contribution in [1.82, 2.24) is 4.90 Å². The van der Waals surface area contributed by atoms with Crippen LogP contribution in [-0.2, 0) is 9.53 Å². The van der Waals surface area contributed by atoms with Crippen LogP contribution in [0, 0.1) is 11.3 Å². The second kappa shape index (κ2) is 8.48. The zero-order valence-corrected chi connectivity index (χ0v) is 8.40. The standard InChI is InChI=1S/C9H16N2O3/c1-14-8-7-11(5-2-4-10)6-3-9(12)13/h2-3,5-8H2,1H3,(H,12,13). The molecular weight excluding hydrogens is 184 g/mol. The third-order valence-electron chi connectivity index (χ3n) is 1.79. The number of aliphatic carboxylic acids is 1. The maximum absolute atomic E-state index is 10.3. The number of nitrogens with zero attached hydrogens (tertiary/aromatic N) is 2. The van der Waals surface area contributed by atoms with Crippen molar-refractivity contribution in [3.05, 3.63) is 0 Å². The van der Waals surface area contributed by atoms with Gasteiger partial charge in [0.1, 0.15) is 0 Å². The predicted molar refractivity (Wildman–Crippen MR) is 50.8 cm³/mol. The van der Waals surface area contributed by atoms with E-state index in [2.05, 4.69) is 0 Å². The van der Waals surface area contributed by atoms with Crippen molar-refractivity contribution in [3.63, 3.8) is 0 Å². The summed E-state index contributed by atoms with van der Waals surface area (Å²) in [4.78, 5) is 12.2. The van der Waals surface area contributed by atoms with Gasteiger partial charge in [0.15, 0.2) is 0 Å². The summed E-state index contributed by atoms with van der Waals surface area (Å²) in [6, 6.07) is 2.03. The number of carboxylic acid groups (broad SMARTS) is 1. The molecule has 0 saturated carbocycles. The Labute approximate surface area is 83.9 Å². The first-order chi connectivity index (χ1) is 6.70. The van der Waals surface area contributed by atoms with Crippen LogP contribution in [0.25, 0.3) is 0 Å². The molecule has 0 saturated heterocycles. The summed E-state index contributed by atoms with van der Waals surface area (Å²) in [5, 5.41) is 16.9. The number of rotatable bonds is 8. The largest absolute Gasteiger partial charge is 0.481 e. The first-order valence-corrected chi connectivity index (χ1v) is 4.50. The lowest BCUT2D eigenvalue weighted by molar-refractivity contribution is -0.137. The van der Waals surface area contributed by atoms with Crippen LogP contribution < -0.4 is 0 Å². The van der Waals surface area contributed by atoms with Crippen LogP contribution in [0.3, 0.4) is 0 Å². The number of ether oxygens (including phenoxy) is 1. The molecule has 5 nitrogen and oxygen atoms in total. The quantitative estimate of drug-likeness (QED) is 0.611. The monoisotopic (exact) mass is 200 g/mol. The smallest absolute Gasteiger partial charge is 0.304 e. The lowest BCUT2D eigenvalue weighted by atomic mass is 10.3. The van der Waals surface area contributed by atoms with E-state index < -0.39 is 5.97 Å². The summed E-state index contributed by atoms with van der Waals surface area (Å²) in [5.74, 6) is -0.815. The molecule has 0 spiro atoms. The van der Waals surface area contributed by atoms with Crippen LogP contribution in [0.15, 0.2) is 0 Å². The Morgan fingerprint density at radius 3 is 2.71 bits per heavy atom. The van der Waals surface area contributed by atoms with Gasteiger partial charge in [-0.2, -0.15) is 5.26 Å². The molecule has 0 aromatic carbocycles. The maximum atomic E-state index is 10.3. The Hall–Kier alpha value is -1.12. The number of methoxy groups -OCH3 is 1. The van der Waals surface area contributed by atoms with Gasteiger partial charge in [-0.05, 0) is 0 Å². The van der Waals surface area contributed by atoms with Crippen molar-refractivity contribution in [2.75, 3.05) is 33.4 Å². The lowest BCUT2D eigenvalue weighted by Crippen LogP contribution is -2.30. The summed E-state index contributed by atoms with van der Waals surface area (Å²) in [7, 11) is 1.60. The van der Waals surface area contributed by atoms with Gasteiger partial charge in [-0.25, -0.2) is 0 Å². The first kappa shape index (κ1) is 12.9. The van der Waals surface area contributed by atoms with Crippen LogP contribution in [0.1, 0.15) is 12.8 Å². The number of nitriles is 1. The van der Waals surface area contributed by atoms with Crippen LogP contribution in [0.2, 0.25) is 0 Å². The first-order valence-electron chi connectivity index (χ1n) is 4.50. The van der Waals surface area contributed by atoms with E-state index in [4.69, 9.17) is 15.1 Å². The van der Waals surface area contributed by atoms with Crippen molar-refractivity contribution < 1.29 is 14.6 Å². The van der Waals surface area contributed by atoms with E-state index in [-0.39, 0.29) is 6.42 Å². The Morgan fingerprint density at radius 2 is 2.21 bits per heavy atom. The minimum atomic E-state index is -0.815. The van der Waals surface area contributed by atoms with E-state index in [1.807, 2.05) is 11.0 Å². The normalized spacial score (nSPS) is 10.1. The Balaban J connectivity index is 3.72. The molecule has 0 amide bonds. The van der Waals surface area contributed by atoms with Crippen molar-refractivity contribution in [2.24, 2.45) is 0 Å². The molecule has 80 valence electrons. The second-order valence-corrected chi connectivity index (χ2v) is 2.89. The van der Waals surface area contributed by atoms with E-state index in [0.29, 0.717) is 32.7 Å². The van der Waals surface area contributed by atoms with Gasteiger partial charge in [0, 0.05) is 33.2 Å². The number of carbonyl (C=O) groups is 1. The molecule has 0 heterocycles. The van der Waals surface area contributed by atoms with Crippen LogP contribution in [0.4, 0.5) is 0 Å². The molecule has 0 unspecified atom stereocenters. The molecule has 0 aliphatic carbocycles. The second-order valence-electron chi connectivity index (χ2n) is 2.89. The number of hydrogen-bond donors (Lipinski definition) is 1. The minimum absolute atomic E-state index is 0.106. The third kappa shape index (κ3) is 7.53. The molecule has 14 heavy (non-hydrogen) atoms. The highest BCUT2D eigenvalue weighted by molar-refractivity contribution is 5.66. The average molecular weight is 200 g/mol. The van der Waals surface area contributed by atoms with Crippen LogP contribution >= 0.6 is 0 Å². The topological polar surface area (TPSA) is 73.6 Å². The van der Waals surface area contributed by atoms with Crippen LogP contribution in [-0.4, -0.2) is 49.3 Å². The molecule has 0 aromatic rings. The van der Waals surface area contributed by atoms with Crippen molar-refractivity contribution in [1.29, 1.82) is 5.26 Å². The summed E-state index contributed by atoms with van der Waals surface area (Å²) < 4.78 is 4.89. The van der Waals surface area contributed by atoms with Gasteiger partial charge in [-0.3, -0.25) is 9.69 Å². The molecule has 0 fully saturated rings. The fraction of sp³-hybridized carbons (Fsp3) is 0.778. The van der Waals surface area contributed by atoms with Crippen LogP contribution in [0.5, 0.6) is 0 Å². The Kier molecular flexibility index (Phi) is 7.80. The Morgan fingerprint density at radius 1 is 1.50 bits per heavy atom. The fourth-order valence-corrected chi connectivity index (χ4v) is 1.02. The maximum Gasteiger partial charge on any atom is 0.304 e. The molecule has 0 radical (unpaired) electrons. The molecule has 0 aliphatic heterocycles. The van der Waals surface area contributed by atoms with Gasteiger partial charge >= 0.3 is 5.97 Å². The molecule has 0 aromatic heterocycles. The van der Waals surface area contributed by atoms with Crippen molar-refractivity contribution >= 4 is 5.97 Å². The molecule has 0 atom stereocenters. The highest BCUT2D eigenvalue weighted by Gasteiger charge is 2.06. The molecular formula is C9H16N2O3. The molecule has 1 N–H and O–H groups in total. The van der Waals surface area contributed by atoms with Crippen molar-refractivity contribution in [3.8, 4) is 6.07 Å². The molecule has 0 bridgehead atoms.